The van der Waals surface area contributed by atoms with E-state index in [-0.39, 0.29) is 12.1 Å². The molecule has 0 spiro atoms. The van der Waals surface area contributed by atoms with E-state index in [0.717, 1.165) is 51.3 Å². The van der Waals surface area contributed by atoms with Crippen molar-refractivity contribution in [3.63, 3.8) is 0 Å². The average molecular weight is 362 g/mol. The minimum Gasteiger partial charge on any atom is -0.475 e. The maximum absolute atomic E-state index is 12.4. The van der Waals surface area contributed by atoms with E-state index in [0.29, 0.717) is 18.5 Å². The summed E-state index contributed by atoms with van der Waals surface area (Å²) in [6.45, 7) is 9.65. The molecule has 2 aliphatic heterocycles. The van der Waals surface area contributed by atoms with Gasteiger partial charge < -0.3 is 19.7 Å². The highest BCUT2D eigenvalue weighted by Crippen LogP contribution is 2.14. The molecule has 1 aromatic heterocycles. The van der Waals surface area contributed by atoms with E-state index in [1.807, 2.05) is 30.9 Å². The van der Waals surface area contributed by atoms with E-state index in [9.17, 15) is 4.79 Å². The van der Waals surface area contributed by atoms with Gasteiger partial charge in [-0.3, -0.25) is 4.90 Å². The van der Waals surface area contributed by atoms with Crippen molar-refractivity contribution in [2.45, 2.75) is 45.4 Å². The zero-order valence-corrected chi connectivity index (χ0v) is 15.8. The van der Waals surface area contributed by atoms with Crippen LogP contribution in [0.4, 0.5) is 4.79 Å². The number of ether oxygens (including phenoxy) is 2. The summed E-state index contributed by atoms with van der Waals surface area (Å²) in [5, 5.41) is 2.98. The maximum atomic E-state index is 12.4. The van der Waals surface area contributed by atoms with Crippen LogP contribution in [0.5, 0.6) is 5.88 Å². The molecule has 3 heterocycles. The standard InChI is InChI=1S/C19H30N4O3/c1-15(2)26-18-6-5-16(12-20-18)13-21-19(24)23-9-7-22(8-10-23)14-17-4-3-11-25-17/h5-6,12,15,17H,3-4,7-11,13-14H2,1-2H3,(H,21,24). The van der Waals surface area contributed by atoms with Gasteiger partial charge in [-0.15, -0.1) is 0 Å². The van der Waals surface area contributed by atoms with Gasteiger partial charge in [0.25, 0.3) is 0 Å². The minimum absolute atomic E-state index is 0.00993. The minimum atomic E-state index is -0.00993. The first-order valence-electron chi connectivity index (χ1n) is 9.58. The van der Waals surface area contributed by atoms with Gasteiger partial charge in [0.2, 0.25) is 5.88 Å². The molecule has 2 saturated heterocycles. The first-order chi connectivity index (χ1) is 12.6. The molecule has 3 rings (SSSR count). The molecule has 0 radical (unpaired) electrons. The fourth-order valence-corrected chi connectivity index (χ4v) is 3.33. The van der Waals surface area contributed by atoms with E-state index in [4.69, 9.17) is 9.47 Å². The van der Waals surface area contributed by atoms with Crippen LogP contribution in [0, 0.1) is 0 Å². The summed E-state index contributed by atoms with van der Waals surface area (Å²) in [6.07, 6.45) is 4.57. The molecule has 1 unspecified atom stereocenters. The van der Waals surface area contributed by atoms with Gasteiger partial charge in [0.1, 0.15) is 0 Å². The van der Waals surface area contributed by atoms with E-state index in [1.54, 1.807) is 6.20 Å². The van der Waals surface area contributed by atoms with Crippen LogP contribution in [0.2, 0.25) is 0 Å². The van der Waals surface area contributed by atoms with Crippen molar-refractivity contribution in [1.82, 2.24) is 20.1 Å². The second-order valence-electron chi connectivity index (χ2n) is 7.25. The number of pyridine rings is 1. The Hall–Kier alpha value is -1.86. The van der Waals surface area contributed by atoms with Crippen LogP contribution >= 0.6 is 0 Å². The van der Waals surface area contributed by atoms with Crippen molar-refractivity contribution in [3.05, 3.63) is 23.9 Å². The van der Waals surface area contributed by atoms with Crippen molar-refractivity contribution in [3.8, 4) is 5.88 Å². The van der Waals surface area contributed by atoms with Gasteiger partial charge in [-0.25, -0.2) is 9.78 Å². The van der Waals surface area contributed by atoms with Crippen molar-refractivity contribution in [2.75, 3.05) is 39.3 Å². The van der Waals surface area contributed by atoms with E-state index in [1.165, 1.54) is 6.42 Å². The smallest absolute Gasteiger partial charge is 0.317 e. The first kappa shape index (κ1) is 18.9. The molecule has 2 fully saturated rings. The lowest BCUT2D eigenvalue weighted by Gasteiger charge is -2.35. The average Bonchev–Trinajstić information content (AvgIpc) is 3.14. The molecule has 2 aliphatic rings. The summed E-state index contributed by atoms with van der Waals surface area (Å²) in [5.41, 5.74) is 0.964. The lowest BCUT2D eigenvalue weighted by molar-refractivity contribution is 0.0561. The first-order valence-corrected chi connectivity index (χ1v) is 9.58. The number of rotatable bonds is 6. The molecule has 2 amide bonds. The van der Waals surface area contributed by atoms with E-state index in [2.05, 4.69) is 15.2 Å². The third-order valence-electron chi connectivity index (χ3n) is 4.74. The number of nitrogens with zero attached hydrogens (tertiary/aromatic N) is 3. The molecule has 1 N–H and O–H groups in total. The summed E-state index contributed by atoms with van der Waals surface area (Å²) in [7, 11) is 0. The second-order valence-corrected chi connectivity index (χ2v) is 7.25. The number of aromatic nitrogens is 1. The Bertz CT molecular complexity index is 565. The Kier molecular flexibility index (Phi) is 6.68. The third-order valence-corrected chi connectivity index (χ3v) is 4.74. The van der Waals surface area contributed by atoms with Crippen molar-refractivity contribution >= 4 is 6.03 Å². The number of hydrogen-bond donors (Lipinski definition) is 1. The number of hydrogen-bond acceptors (Lipinski definition) is 5. The van der Waals surface area contributed by atoms with Gasteiger partial charge in [0.05, 0.1) is 12.2 Å². The van der Waals surface area contributed by atoms with Crippen LogP contribution in [0.3, 0.4) is 0 Å². The quantitative estimate of drug-likeness (QED) is 0.837. The molecule has 144 valence electrons. The number of carbonyl (C=O) groups excluding carboxylic acids is 1. The Morgan fingerprint density at radius 2 is 2.15 bits per heavy atom. The molecule has 26 heavy (non-hydrogen) atoms. The molecule has 0 saturated carbocycles. The number of amides is 2. The zero-order chi connectivity index (χ0) is 18.4. The molecule has 0 bridgehead atoms. The second kappa shape index (κ2) is 9.19. The predicted molar refractivity (Wildman–Crippen MR) is 99.2 cm³/mol. The third kappa shape index (κ3) is 5.57. The summed E-state index contributed by atoms with van der Waals surface area (Å²) in [5.74, 6) is 0.609. The number of carbonyl (C=O) groups is 1. The molecular weight excluding hydrogens is 332 g/mol. The van der Waals surface area contributed by atoms with Crippen LogP contribution < -0.4 is 10.1 Å². The summed E-state index contributed by atoms with van der Waals surface area (Å²) in [4.78, 5) is 20.9. The maximum Gasteiger partial charge on any atom is 0.317 e. The van der Waals surface area contributed by atoms with Gasteiger partial charge in [-0.2, -0.15) is 0 Å². The molecule has 7 heteroatoms. The summed E-state index contributed by atoms with van der Waals surface area (Å²) >= 11 is 0. The Morgan fingerprint density at radius 1 is 1.35 bits per heavy atom. The molecule has 1 atom stereocenters. The fourth-order valence-electron chi connectivity index (χ4n) is 3.33. The highest BCUT2D eigenvalue weighted by atomic mass is 16.5. The zero-order valence-electron chi connectivity index (χ0n) is 15.8. The van der Waals surface area contributed by atoms with E-state index >= 15 is 0 Å². The van der Waals surface area contributed by atoms with Gasteiger partial charge in [0, 0.05) is 58.1 Å². The molecule has 1 aromatic rings. The van der Waals surface area contributed by atoms with Crippen LogP contribution in [0.15, 0.2) is 18.3 Å². The van der Waals surface area contributed by atoms with Gasteiger partial charge in [-0.05, 0) is 32.3 Å². The Morgan fingerprint density at radius 3 is 2.77 bits per heavy atom. The Balaban J connectivity index is 1.37. The van der Waals surface area contributed by atoms with Crippen LogP contribution in [0.1, 0.15) is 32.3 Å². The van der Waals surface area contributed by atoms with Crippen LogP contribution in [-0.4, -0.2) is 72.4 Å². The summed E-state index contributed by atoms with van der Waals surface area (Å²) in [6, 6.07) is 3.76. The Labute approximate surface area is 155 Å². The van der Waals surface area contributed by atoms with Crippen LogP contribution in [0.25, 0.3) is 0 Å². The predicted octanol–water partition coefficient (Wildman–Crippen LogP) is 1.87. The molecule has 0 aromatic carbocycles. The highest BCUT2D eigenvalue weighted by molar-refractivity contribution is 5.74. The van der Waals surface area contributed by atoms with E-state index < -0.39 is 0 Å². The van der Waals surface area contributed by atoms with Gasteiger partial charge in [0.15, 0.2) is 0 Å². The lowest BCUT2D eigenvalue weighted by Crippen LogP contribution is -2.52. The van der Waals surface area contributed by atoms with Crippen molar-refractivity contribution in [1.29, 1.82) is 0 Å². The van der Waals surface area contributed by atoms with Crippen molar-refractivity contribution in [2.24, 2.45) is 0 Å². The molecule has 0 aliphatic carbocycles. The fraction of sp³-hybridized carbons (Fsp3) is 0.684. The van der Waals surface area contributed by atoms with Crippen LogP contribution in [-0.2, 0) is 11.3 Å². The SMILES string of the molecule is CC(C)Oc1ccc(CNC(=O)N2CCN(CC3CCCO3)CC2)cn1. The molecular formula is C19H30N4O3. The van der Waals surface area contributed by atoms with Gasteiger partial charge >= 0.3 is 6.03 Å². The number of piperazine rings is 1. The van der Waals surface area contributed by atoms with Gasteiger partial charge in [-0.1, -0.05) is 6.07 Å². The summed E-state index contributed by atoms with van der Waals surface area (Å²) < 4.78 is 11.2. The number of nitrogens with one attached hydrogen (secondary N) is 1. The lowest BCUT2D eigenvalue weighted by atomic mass is 10.2. The monoisotopic (exact) mass is 362 g/mol. The topological polar surface area (TPSA) is 66.9 Å². The largest absolute Gasteiger partial charge is 0.475 e. The normalized spacial score (nSPS) is 21.2. The highest BCUT2D eigenvalue weighted by Gasteiger charge is 2.24. The molecule has 7 nitrogen and oxygen atoms in total. The number of urea groups is 1. The van der Waals surface area contributed by atoms with Crippen molar-refractivity contribution < 1.29 is 14.3 Å².